The minimum absolute atomic E-state index is 0.0932. The molecule has 1 N–H and O–H groups in total. The van der Waals surface area contributed by atoms with Gasteiger partial charge in [-0.25, -0.2) is 4.39 Å². The third-order valence-electron chi connectivity index (χ3n) is 6.71. The molecule has 2 fully saturated rings. The lowest BCUT2D eigenvalue weighted by Gasteiger charge is -2.30. The second kappa shape index (κ2) is 10.5. The van der Waals surface area contributed by atoms with Gasteiger partial charge in [0.15, 0.2) is 0 Å². The summed E-state index contributed by atoms with van der Waals surface area (Å²) in [6.07, 6.45) is 3.33. The van der Waals surface area contributed by atoms with E-state index in [1.165, 1.54) is 6.07 Å². The van der Waals surface area contributed by atoms with Crippen molar-refractivity contribution in [2.24, 2.45) is 5.92 Å². The molecule has 6 heteroatoms. The van der Waals surface area contributed by atoms with Crippen LogP contribution in [0.3, 0.4) is 0 Å². The Morgan fingerprint density at radius 1 is 1.09 bits per heavy atom. The maximum atomic E-state index is 14.8. The van der Waals surface area contributed by atoms with Crippen LogP contribution in [0, 0.1) is 11.7 Å². The first kappa shape index (κ1) is 22.7. The van der Waals surface area contributed by atoms with Crippen molar-refractivity contribution in [2.75, 3.05) is 39.3 Å². The lowest BCUT2D eigenvalue weighted by atomic mass is 9.98. The first-order valence-corrected chi connectivity index (χ1v) is 11.8. The quantitative estimate of drug-likeness (QED) is 0.732. The van der Waals surface area contributed by atoms with Gasteiger partial charge in [0.05, 0.1) is 12.7 Å². The van der Waals surface area contributed by atoms with Crippen LogP contribution >= 0.6 is 0 Å². The molecular formula is C26H33FN2O3. The van der Waals surface area contributed by atoms with Gasteiger partial charge in [-0.05, 0) is 81.1 Å². The van der Waals surface area contributed by atoms with Crippen molar-refractivity contribution in [1.82, 2.24) is 9.80 Å². The van der Waals surface area contributed by atoms with E-state index in [1.807, 2.05) is 6.07 Å². The topological polar surface area (TPSA) is 53.0 Å². The number of hydrogen-bond donors (Lipinski definition) is 1. The van der Waals surface area contributed by atoms with Gasteiger partial charge in [0, 0.05) is 30.3 Å². The Morgan fingerprint density at radius 2 is 1.84 bits per heavy atom. The number of ether oxygens (including phenoxy) is 1. The van der Waals surface area contributed by atoms with Crippen LogP contribution in [0.5, 0.6) is 5.75 Å². The van der Waals surface area contributed by atoms with Gasteiger partial charge in [0.1, 0.15) is 11.6 Å². The summed E-state index contributed by atoms with van der Waals surface area (Å²) in [6, 6.07) is 12.0. The number of likely N-dealkylation sites (tertiary alicyclic amines) is 2. The van der Waals surface area contributed by atoms with Crippen LogP contribution in [0.1, 0.15) is 43.0 Å². The average Bonchev–Trinajstić information content (AvgIpc) is 2.83. The summed E-state index contributed by atoms with van der Waals surface area (Å²) in [6.45, 7) is 7.14. The summed E-state index contributed by atoms with van der Waals surface area (Å²) >= 11 is 0. The fraction of sp³-hybridized carbons (Fsp3) is 0.500. The number of carbonyl (C=O) groups excluding carboxylic acids is 1. The van der Waals surface area contributed by atoms with Crippen LogP contribution < -0.4 is 4.74 Å². The zero-order chi connectivity index (χ0) is 22.5. The van der Waals surface area contributed by atoms with Gasteiger partial charge < -0.3 is 19.6 Å². The number of nitrogens with zero attached hydrogens (tertiary/aromatic N) is 2. The molecule has 2 heterocycles. The highest BCUT2D eigenvalue weighted by Crippen LogP contribution is 2.28. The Hall–Kier alpha value is -2.44. The van der Waals surface area contributed by atoms with E-state index < -0.39 is 6.10 Å². The molecule has 1 atom stereocenters. The van der Waals surface area contributed by atoms with Crippen LogP contribution in [0.15, 0.2) is 42.5 Å². The molecule has 1 amide bonds. The van der Waals surface area contributed by atoms with E-state index in [0.717, 1.165) is 50.9 Å². The molecule has 172 valence electrons. The summed E-state index contributed by atoms with van der Waals surface area (Å²) in [5, 5.41) is 9.81. The Balaban J connectivity index is 1.36. The molecular weight excluding hydrogens is 407 g/mol. The number of aliphatic hydroxyl groups excluding tert-OH is 1. The second-order valence-corrected chi connectivity index (χ2v) is 8.95. The molecule has 0 aliphatic carbocycles. The third kappa shape index (κ3) is 5.48. The molecule has 0 bridgehead atoms. The van der Waals surface area contributed by atoms with E-state index >= 15 is 0 Å². The highest BCUT2D eigenvalue weighted by atomic mass is 19.1. The third-order valence-corrected chi connectivity index (χ3v) is 6.71. The first-order valence-electron chi connectivity index (χ1n) is 11.8. The van der Waals surface area contributed by atoms with Crippen molar-refractivity contribution < 1.29 is 19.0 Å². The largest absolute Gasteiger partial charge is 0.493 e. The molecule has 0 saturated carbocycles. The van der Waals surface area contributed by atoms with Crippen LogP contribution in [0.4, 0.5) is 4.39 Å². The second-order valence-electron chi connectivity index (χ2n) is 8.95. The summed E-state index contributed by atoms with van der Waals surface area (Å²) in [4.78, 5) is 16.8. The van der Waals surface area contributed by atoms with E-state index in [0.29, 0.717) is 42.5 Å². The van der Waals surface area contributed by atoms with Crippen molar-refractivity contribution in [3.05, 3.63) is 53.8 Å². The SMILES string of the molecule is CCN1CCC(COc2ccc(-c3ccc(C(=O)N4CCCC(O)C4)cc3)c(F)c2)CC1. The first-order chi connectivity index (χ1) is 15.5. The molecule has 0 radical (unpaired) electrons. The lowest BCUT2D eigenvalue weighted by molar-refractivity contribution is 0.0474. The van der Waals surface area contributed by atoms with Gasteiger partial charge >= 0.3 is 0 Å². The Kier molecular flexibility index (Phi) is 7.43. The number of β-amino-alcohol motifs (C(OH)–C–C–N with tert-alkyl or cyclic N) is 1. The smallest absolute Gasteiger partial charge is 0.253 e. The monoisotopic (exact) mass is 440 g/mol. The van der Waals surface area contributed by atoms with Gasteiger partial charge in [0.2, 0.25) is 0 Å². The number of rotatable bonds is 6. The van der Waals surface area contributed by atoms with Crippen LogP contribution in [-0.4, -0.2) is 66.2 Å². The molecule has 1 unspecified atom stereocenters. The molecule has 2 saturated heterocycles. The number of carbonyl (C=O) groups is 1. The molecule has 4 rings (SSSR count). The van der Waals surface area contributed by atoms with Crippen molar-refractivity contribution in [2.45, 2.75) is 38.7 Å². The van der Waals surface area contributed by atoms with E-state index in [4.69, 9.17) is 4.74 Å². The van der Waals surface area contributed by atoms with Crippen LogP contribution in [0.25, 0.3) is 11.1 Å². The fourth-order valence-electron chi connectivity index (χ4n) is 4.62. The molecule has 5 nitrogen and oxygen atoms in total. The molecule has 2 aromatic rings. The molecule has 32 heavy (non-hydrogen) atoms. The minimum atomic E-state index is -0.453. The maximum Gasteiger partial charge on any atom is 0.253 e. The highest BCUT2D eigenvalue weighted by molar-refractivity contribution is 5.94. The Bertz CT molecular complexity index is 910. The van der Waals surface area contributed by atoms with Crippen LogP contribution in [0.2, 0.25) is 0 Å². The average molecular weight is 441 g/mol. The zero-order valence-electron chi connectivity index (χ0n) is 18.8. The summed E-state index contributed by atoms with van der Waals surface area (Å²) < 4.78 is 20.7. The molecule has 0 aromatic heterocycles. The molecule has 2 aromatic carbocycles. The minimum Gasteiger partial charge on any atom is -0.493 e. The van der Waals surface area contributed by atoms with Gasteiger partial charge in [0.25, 0.3) is 5.91 Å². The van der Waals surface area contributed by atoms with E-state index in [1.54, 1.807) is 35.2 Å². The van der Waals surface area contributed by atoms with E-state index in [2.05, 4.69) is 11.8 Å². The fourth-order valence-corrected chi connectivity index (χ4v) is 4.62. The van der Waals surface area contributed by atoms with Crippen molar-refractivity contribution in [3.63, 3.8) is 0 Å². The number of hydrogen-bond acceptors (Lipinski definition) is 4. The maximum absolute atomic E-state index is 14.8. The van der Waals surface area contributed by atoms with Gasteiger partial charge in [-0.3, -0.25) is 4.79 Å². The van der Waals surface area contributed by atoms with Crippen molar-refractivity contribution in [1.29, 1.82) is 0 Å². The van der Waals surface area contributed by atoms with E-state index in [-0.39, 0.29) is 11.7 Å². The molecule has 2 aliphatic heterocycles. The number of benzene rings is 2. The lowest BCUT2D eigenvalue weighted by Crippen LogP contribution is -2.42. The van der Waals surface area contributed by atoms with Gasteiger partial charge in [-0.15, -0.1) is 0 Å². The number of halogens is 1. The number of piperidine rings is 2. The van der Waals surface area contributed by atoms with Crippen molar-refractivity contribution >= 4 is 5.91 Å². The molecule has 2 aliphatic rings. The van der Waals surface area contributed by atoms with E-state index in [9.17, 15) is 14.3 Å². The summed E-state index contributed by atoms with van der Waals surface area (Å²) in [5.41, 5.74) is 1.76. The Morgan fingerprint density at radius 3 is 2.50 bits per heavy atom. The highest BCUT2D eigenvalue weighted by Gasteiger charge is 2.23. The predicted molar refractivity (Wildman–Crippen MR) is 123 cm³/mol. The molecule has 0 spiro atoms. The van der Waals surface area contributed by atoms with Gasteiger partial charge in [-0.2, -0.15) is 0 Å². The van der Waals surface area contributed by atoms with Crippen molar-refractivity contribution in [3.8, 4) is 16.9 Å². The van der Waals surface area contributed by atoms with Crippen LogP contribution in [-0.2, 0) is 0 Å². The predicted octanol–water partition coefficient (Wildman–Crippen LogP) is 4.20. The normalized spacial score (nSPS) is 20.3. The Labute approximate surface area is 189 Å². The zero-order valence-corrected chi connectivity index (χ0v) is 18.8. The summed E-state index contributed by atoms with van der Waals surface area (Å²) in [5.74, 6) is 0.650. The van der Waals surface area contributed by atoms with Gasteiger partial charge in [-0.1, -0.05) is 19.1 Å². The number of aliphatic hydroxyl groups is 1. The number of amides is 1. The standard InChI is InChI=1S/C26H33FN2O3/c1-2-28-14-11-19(12-15-28)18-32-23-9-10-24(25(27)16-23)20-5-7-21(8-6-20)26(31)29-13-3-4-22(30)17-29/h5-10,16,19,22,30H,2-4,11-15,17-18H2,1H3. The summed E-state index contributed by atoms with van der Waals surface area (Å²) in [7, 11) is 0.